The first kappa shape index (κ1) is 13.7. The Balaban J connectivity index is 2.09. The van der Waals surface area contributed by atoms with Gasteiger partial charge in [-0.05, 0) is 25.3 Å². The van der Waals surface area contributed by atoms with Gasteiger partial charge in [0.05, 0.1) is 5.92 Å². The van der Waals surface area contributed by atoms with E-state index in [0.29, 0.717) is 18.8 Å². The van der Waals surface area contributed by atoms with Gasteiger partial charge in [-0.2, -0.15) is 0 Å². The molecule has 1 heterocycles. The fourth-order valence-electron chi connectivity index (χ4n) is 2.27. The van der Waals surface area contributed by atoms with Crippen molar-refractivity contribution in [3.05, 3.63) is 35.4 Å². The van der Waals surface area contributed by atoms with Crippen molar-refractivity contribution in [3.63, 3.8) is 0 Å². The number of rotatable bonds is 4. The fraction of sp³-hybridized carbons (Fsp3) is 0.467. The van der Waals surface area contributed by atoms with E-state index >= 15 is 0 Å². The van der Waals surface area contributed by atoms with E-state index in [1.807, 2.05) is 0 Å². The summed E-state index contributed by atoms with van der Waals surface area (Å²) in [6.45, 7) is 2.92. The van der Waals surface area contributed by atoms with Gasteiger partial charge in [0.25, 0.3) is 0 Å². The molecule has 0 spiro atoms. The molecule has 19 heavy (non-hydrogen) atoms. The molecule has 1 aliphatic heterocycles. The molecular formula is C15H18O4. The minimum atomic E-state index is -0.858. The average Bonchev–Trinajstić information content (AvgIpc) is 2.46. The molecule has 1 fully saturated rings. The highest BCUT2D eigenvalue weighted by Crippen LogP contribution is 2.22. The van der Waals surface area contributed by atoms with E-state index in [1.54, 1.807) is 31.2 Å². The lowest BCUT2D eigenvalue weighted by Crippen LogP contribution is -2.23. The predicted molar refractivity (Wildman–Crippen MR) is 70.4 cm³/mol. The number of hydrogen-bond donors (Lipinski definition) is 1. The van der Waals surface area contributed by atoms with Crippen LogP contribution >= 0.6 is 0 Å². The largest absolute Gasteiger partial charge is 0.481 e. The van der Waals surface area contributed by atoms with Crippen molar-refractivity contribution >= 4 is 11.8 Å². The molecule has 4 heteroatoms. The van der Waals surface area contributed by atoms with Gasteiger partial charge < -0.3 is 9.84 Å². The number of Topliss-reactive ketones (excluding diaryl/α,β-unsaturated/α-hetero) is 1. The van der Waals surface area contributed by atoms with Gasteiger partial charge in [-0.3, -0.25) is 9.59 Å². The Bertz CT molecular complexity index is 458. The number of ether oxygens (including phenoxy) is 1. The van der Waals surface area contributed by atoms with Gasteiger partial charge in [0.15, 0.2) is 5.78 Å². The second-order valence-electron chi connectivity index (χ2n) is 4.93. The molecule has 4 nitrogen and oxygen atoms in total. The number of aliphatic carboxylic acids is 1. The van der Waals surface area contributed by atoms with E-state index < -0.39 is 11.9 Å². The molecule has 1 atom stereocenters. The molecule has 102 valence electrons. The quantitative estimate of drug-likeness (QED) is 0.847. The highest BCUT2D eigenvalue weighted by Gasteiger charge is 2.23. The van der Waals surface area contributed by atoms with Crippen LogP contribution in [0, 0.1) is 5.92 Å². The number of carboxylic acid groups (broad SMARTS) is 1. The standard InChI is InChI=1S/C15H18O4/c1-10(15(17)18)11-2-4-12(5-3-11)14(16)13-6-8-19-9-7-13/h2-5,10,13H,6-9H2,1H3,(H,17,18). The molecule has 0 saturated carbocycles. The molecule has 0 amide bonds. The topological polar surface area (TPSA) is 63.6 Å². The second kappa shape index (κ2) is 5.97. The molecule has 1 aromatic rings. The summed E-state index contributed by atoms with van der Waals surface area (Å²) in [6.07, 6.45) is 1.54. The van der Waals surface area contributed by atoms with Gasteiger partial charge in [0.1, 0.15) is 0 Å². The Morgan fingerprint density at radius 1 is 1.21 bits per heavy atom. The third-order valence-corrected chi connectivity index (χ3v) is 3.66. The first-order chi connectivity index (χ1) is 9.09. The lowest BCUT2D eigenvalue weighted by atomic mass is 9.90. The molecule has 1 saturated heterocycles. The SMILES string of the molecule is CC(C(=O)O)c1ccc(C(=O)C2CCOCC2)cc1. The summed E-state index contributed by atoms with van der Waals surface area (Å²) in [4.78, 5) is 23.1. The van der Waals surface area contributed by atoms with Gasteiger partial charge in [0.2, 0.25) is 0 Å². The van der Waals surface area contributed by atoms with Crippen LogP contribution in [-0.2, 0) is 9.53 Å². The molecule has 0 aromatic heterocycles. The summed E-state index contributed by atoms with van der Waals surface area (Å²) in [5, 5.41) is 8.94. The van der Waals surface area contributed by atoms with Crippen LogP contribution in [0.3, 0.4) is 0 Å². The van der Waals surface area contributed by atoms with Gasteiger partial charge >= 0.3 is 5.97 Å². The number of carbonyl (C=O) groups excluding carboxylic acids is 1. The molecule has 0 aliphatic carbocycles. The van der Waals surface area contributed by atoms with Crippen LogP contribution in [-0.4, -0.2) is 30.1 Å². The Labute approximate surface area is 112 Å². The van der Waals surface area contributed by atoms with Crippen LogP contribution in [0.2, 0.25) is 0 Å². The summed E-state index contributed by atoms with van der Waals surface area (Å²) in [7, 11) is 0. The number of ketones is 1. The molecule has 0 radical (unpaired) electrons. The van der Waals surface area contributed by atoms with E-state index in [1.165, 1.54) is 0 Å². The van der Waals surface area contributed by atoms with Crippen LogP contribution < -0.4 is 0 Å². The maximum atomic E-state index is 12.2. The van der Waals surface area contributed by atoms with Crippen LogP contribution in [0.25, 0.3) is 0 Å². The van der Waals surface area contributed by atoms with E-state index in [9.17, 15) is 9.59 Å². The lowest BCUT2D eigenvalue weighted by molar-refractivity contribution is -0.138. The molecule has 0 bridgehead atoms. The van der Waals surface area contributed by atoms with Gasteiger partial charge in [0, 0.05) is 24.7 Å². The monoisotopic (exact) mass is 262 g/mol. The van der Waals surface area contributed by atoms with E-state index in [2.05, 4.69) is 0 Å². The molecule has 1 unspecified atom stereocenters. The molecular weight excluding hydrogens is 244 g/mol. The van der Waals surface area contributed by atoms with Crippen LogP contribution in [0.1, 0.15) is 41.6 Å². The Morgan fingerprint density at radius 3 is 2.32 bits per heavy atom. The zero-order chi connectivity index (χ0) is 13.8. The number of benzene rings is 1. The van der Waals surface area contributed by atoms with E-state index in [-0.39, 0.29) is 11.7 Å². The normalized spacial score (nSPS) is 17.9. The minimum absolute atomic E-state index is 0.0384. The summed E-state index contributed by atoms with van der Waals surface area (Å²) in [5.74, 6) is -1.23. The minimum Gasteiger partial charge on any atom is -0.481 e. The average molecular weight is 262 g/mol. The van der Waals surface area contributed by atoms with Crippen molar-refractivity contribution in [1.82, 2.24) is 0 Å². The lowest BCUT2D eigenvalue weighted by Gasteiger charge is -2.20. The van der Waals surface area contributed by atoms with Crippen molar-refractivity contribution in [2.24, 2.45) is 5.92 Å². The summed E-state index contributed by atoms with van der Waals surface area (Å²) < 4.78 is 5.25. The van der Waals surface area contributed by atoms with Crippen LogP contribution in [0.5, 0.6) is 0 Å². The Morgan fingerprint density at radius 2 is 1.79 bits per heavy atom. The third kappa shape index (κ3) is 3.20. The van der Waals surface area contributed by atoms with Crippen LogP contribution in [0.4, 0.5) is 0 Å². The first-order valence-electron chi connectivity index (χ1n) is 6.54. The van der Waals surface area contributed by atoms with E-state index in [4.69, 9.17) is 9.84 Å². The van der Waals surface area contributed by atoms with Gasteiger partial charge in [-0.15, -0.1) is 0 Å². The summed E-state index contributed by atoms with van der Waals surface area (Å²) in [6, 6.07) is 6.91. The van der Waals surface area contributed by atoms with Crippen molar-refractivity contribution in [2.75, 3.05) is 13.2 Å². The molecule has 1 aromatic carbocycles. The third-order valence-electron chi connectivity index (χ3n) is 3.66. The molecule has 2 rings (SSSR count). The highest BCUT2D eigenvalue weighted by atomic mass is 16.5. The number of carbonyl (C=O) groups is 2. The fourth-order valence-corrected chi connectivity index (χ4v) is 2.27. The van der Waals surface area contributed by atoms with Gasteiger partial charge in [-0.25, -0.2) is 0 Å². The zero-order valence-electron chi connectivity index (χ0n) is 11.0. The maximum absolute atomic E-state index is 12.2. The van der Waals surface area contributed by atoms with Crippen LogP contribution in [0.15, 0.2) is 24.3 Å². The predicted octanol–water partition coefficient (Wildman–Crippen LogP) is 2.48. The first-order valence-corrected chi connectivity index (χ1v) is 6.54. The maximum Gasteiger partial charge on any atom is 0.310 e. The second-order valence-corrected chi connectivity index (χ2v) is 4.93. The zero-order valence-corrected chi connectivity index (χ0v) is 11.0. The van der Waals surface area contributed by atoms with Crippen molar-refractivity contribution in [1.29, 1.82) is 0 Å². The smallest absolute Gasteiger partial charge is 0.310 e. The number of carboxylic acids is 1. The highest BCUT2D eigenvalue weighted by molar-refractivity contribution is 5.98. The van der Waals surface area contributed by atoms with Crippen molar-refractivity contribution < 1.29 is 19.4 Å². The summed E-state index contributed by atoms with van der Waals surface area (Å²) in [5.41, 5.74) is 1.38. The van der Waals surface area contributed by atoms with Gasteiger partial charge in [-0.1, -0.05) is 24.3 Å². The summed E-state index contributed by atoms with van der Waals surface area (Å²) >= 11 is 0. The Kier molecular flexibility index (Phi) is 4.32. The van der Waals surface area contributed by atoms with E-state index in [0.717, 1.165) is 18.4 Å². The molecule has 1 N–H and O–H groups in total. The van der Waals surface area contributed by atoms with Crippen molar-refractivity contribution in [3.8, 4) is 0 Å². The van der Waals surface area contributed by atoms with Crippen molar-refractivity contribution in [2.45, 2.75) is 25.7 Å². The molecule has 1 aliphatic rings. The number of hydrogen-bond acceptors (Lipinski definition) is 3. The Hall–Kier alpha value is -1.68.